The number of hydrogen-bond donors (Lipinski definition) is 0. The summed E-state index contributed by atoms with van der Waals surface area (Å²) >= 11 is 0. The van der Waals surface area contributed by atoms with Crippen LogP contribution >= 0.6 is 0 Å². The lowest BCUT2D eigenvalue weighted by Gasteiger charge is -2.24. The van der Waals surface area contributed by atoms with Gasteiger partial charge >= 0.3 is 0 Å². The van der Waals surface area contributed by atoms with E-state index >= 15 is 0 Å². The van der Waals surface area contributed by atoms with Crippen LogP contribution in [0.3, 0.4) is 0 Å². The maximum Gasteiger partial charge on any atom is 0.0165 e. The van der Waals surface area contributed by atoms with Crippen LogP contribution in [0.5, 0.6) is 0 Å². The van der Waals surface area contributed by atoms with Gasteiger partial charge in [-0.2, -0.15) is 0 Å². The molecule has 1 rings (SSSR count). The Kier molecular flexibility index (Phi) is 7.17. The van der Waals surface area contributed by atoms with Gasteiger partial charge in [0, 0.05) is 13.1 Å². The first-order valence-electron chi connectivity index (χ1n) is 5.21. The number of rotatable bonds is 2. The maximum atomic E-state index is 2.51. The topological polar surface area (TPSA) is 3.24 Å². The van der Waals surface area contributed by atoms with E-state index in [0.29, 0.717) is 0 Å². The van der Waals surface area contributed by atoms with Gasteiger partial charge in [-0.15, -0.1) is 0 Å². The quantitative estimate of drug-likeness (QED) is 0.574. The minimum absolute atomic E-state index is 1.18. The summed E-state index contributed by atoms with van der Waals surface area (Å²) in [5.74, 6) is 0. The van der Waals surface area contributed by atoms with Crippen LogP contribution in [0, 0.1) is 0 Å². The average molecular weight is 169 g/mol. The normalized spacial score (nSPS) is 17.8. The molecule has 1 aliphatic rings. The second kappa shape index (κ2) is 7.35. The van der Waals surface area contributed by atoms with Crippen molar-refractivity contribution in [3.8, 4) is 0 Å². The molecule has 1 heterocycles. The molecule has 0 unspecified atom stereocenters. The van der Waals surface area contributed by atoms with Crippen LogP contribution in [-0.4, -0.2) is 24.5 Å². The molecule has 0 saturated carbocycles. The summed E-state index contributed by atoms with van der Waals surface area (Å²) in [4.78, 5) is 2.51. The first kappa shape index (κ1) is 11.7. The van der Waals surface area contributed by atoms with E-state index in [2.05, 4.69) is 24.8 Å². The molecular weight excluding hydrogens is 146 g/mol. The highest BCUT2D eigenvalue weighted by molar-refractivity contribution is 5.03. The molecule has 0 aromatic carbocycles. The van der Waals surface area contributed by atoms with Gasteiger partial charge in [0.25, 0.3) is 0 Å². The SMILES string of the molecule is CC.CCCN1CC=C(C)CC1. The van der Waals surface area contributed by atoms with Crippen LogP contribution in [-0.2, 0) is 0 Å². The highest BCUT2D eigenvalue weighted by Crippen LogP contribution is 2.08. The first-order valence-corrected chi connectivity index (χ1v) is 5.21. The highest BCUT2D eigenvalue weighted by atomic mass is 15.1. The van der Waals surface area contributed by atoms with Crippen molar-refractivity contribution in [3.05, 3.63) is 11.6 Å². The fourth-order valence-electron chi connectivity index (χ4n) is 1.33. The number of hydrogen-bond acceptors (Lipinski definition) is 1. The van der Waals surface area contributed by atoms with Gasteiger partial charge in [-0.05, 0) is 26.3 Å². The zero-order chi connectivity index (χ0) is 9.40. The molecule has 1 aliphatic heterocycles. The molecule has 0 saturated heterocycles. The van der Waals surface area contributed by atoms with Crippen molar-refractivity contribution in [1.82, 2.24) is 4.90 Å². The third-order valence-corrected chi connectivity index (χ3v) is 2.06. The summed E-state index contributed by atoms with van der Waals surface area (Å²) in [6, 6.07) is 0. The van der Waals surface area contributed by atoms with Crippen molar-refractivity contribution in [2.24, 2.45) is 0 Å². The molecular formula is C11H23N. The standard InChI is InChI=1S/C9H17N.C2H6/c1-3-6-10-7-4-9(2)5-8-10;1-2/h4H,3,5-8H2,1-2H3;1-2H3. The van der Waals surface area contributed by atoms with E-state index in [1.54, 1.807) is 5.57 Å². The molecule has 72 valence electrons. The molecule has 0 atom stereocenters. The van der Waals surface area contributed by atoms with Crippen LogP contribution in [0.2, 0.25) is 0 Å². The summed E-state index contributed by atoms with van der Waals surface area (Å²) in [6.45, 7) is 12.2. The summed E-state index contributed by atoms with van der Waals surface area (Å²) < 4.78 is 0. The Bertz CT molecular complexity index is 127. The summed E-state index contributed by atoms with van der Waals surface area (Å²) in [7, 11) is 0. The van der Waals surface area contributed by atoms with Gasteiger partial charge < -0.3 is 0 Å². The van der Waals surface area contributed by atoms with E-state index in [0.717, 1.165) is 0 Å². The van der Waals surface area contributed by atoms with Gasteiger partial charge in [-0.3, -0.25) is 4.90 Å². The molecule has 1 nitrogen and oxygen atoms in total. The van der Waals surface area contributed by atoms with Crippen LogP contribution in [0.4, 0.5) is 0 Å². The largest absolute Gasteiger partial charge is 0.299 e. The molecule has 12 heavy (non-hydrogen) atoms. The van der Waals surface area contributed by atoms with Crippen molar-refractivity contribution in [3.63, 3.8) is 0 Å². The molecule has 0 aliphatic carbocycles. The fraction of sp³-hybridized carbons (Fsp3) is 0.818. The monoisotopic (exact) mass is 169 g/mol. The van der Waals surface area contributed by atoms with E-state index in [9.17, 15) is 0 Å². The minimum atomic E-state index is 1.18. The zero-order valence-corrected chi connectivity index (χ0v) is 9.06. The predicted molar refractivity (Wildman–Crippen MR) is 56.5 cm³/mol. The van der Waals surface area contributed by atoms with E-state index in [-0.39, 0.29) is 0 Å². The molecule has 0 amide bonds. The molecule has 0 aromatic heterocycles. The van der Waals surface area contributed by atoms with Gasteiger partial charge in [0.15, 0.2) is 0 Å². The summed E-state index contributed by atoms with van der Waals surface area (Å²) in [5, 5.41) is 0. The second-order valence-electron chi connectivity index (χ2n) is 3.10. The van der Waals surface area contributed by atoms with Crippen molar-refractivity contribution >= 4 is 0 Å². The third kappa shape index (κ3) is 4.55. The summed E-state index contributed by atoms with van der Waals surface area (Å²) in [5.41, 5.74) is 1.56. The molecule has 0 spiro atoms. The average Bonchev–Trinajstić information content (AvgIpc) is 2.13. The zero-order valence-electron chi connectivity index (χ0n) is 9.06. The highest BCUT2D eigenvalue weighted by Gasteiger charge is 2.06. The lowest BCUT2D eigenvalue weighted by atomic mass is 10.1. The minimum Gasteiger partial charge on any atom is -0.299 e. The van der Waals surface area contributed by atoms with E-state index in [4.69, 9.17) is 0 Å². The van der Waals surface area contributed by atoms with E-state index < -0.39 is 0 Å². The van der Waals surface area contributed by atoms with Crippen LogP contribution in [0.1, 0.15) is 40.5 Å². The molecule has 0 N–H and O–H groups in total. The maximum absolute atomic E-state index is 2.51. The van der Waals surface area contributed by atoms with Crippen molar-refractivity contribution in [1.29, 1.82) is 0 Å². The molecule has 0 bridgehead atoms. The Morgan fingerprint density at radius 3 is 2.50 bits per heavy atom. The Labute approximate surface area is 77.5 Å². The molecule has 0 radical (unpaired) electrons. The van der Waals surface area contributed by atoms with Crippen molar-refractivity contribution in [2.75, 3.05) is 19.6 Å². The Morgan fingerprint density at radius 1 is 1.42 bits per heavy atom. The Morgan fingerprint density at radius 2 is 2.08 bits per heavy atom. The van der Waals surface area contributed by atoms with Crippen LogP contribution in [0.15, 0.2) is 11.6 Å². The number of nitrogens with zero attached hydrogens (tertiary/aromatic N) is 1. The second-order valence-corrected chi connectivity index (χ2v) is 3.10. The van der Waals surface area contributed by atoms with Gasteiger partial charge in [0.1, 0.15) is 0 Å². The molecule has 0 aromatic rings. The van der Waals surface area contributed by atoms with E-state index in [1.807, 2.05) is 13.8 Å². The fourth-order valence-corrected chi connectivity index (χ4v) is 1.33. The predicted octanol–water partition coefficient (Wildman–Crippen LogP) is 3.07. The van der Waals surface area contributed by atoms with Gasteiger partial charge in [-0.1, -0.05) is 32.4 Å². The van der Waals surface area contributed by atoms with Crippen molar-refractivity contribution in [2.45, 2.75) is 40.5 Å². The van der Waals surface area contributed by atoms with Gasteiger partial charge in [0.2, 0.25) is 0 Å². The smallest absolute Gasteiger partial charge is 0.0165 e. The lowest BCUT2D eigenvalue weighted by Crippen LogP contribution is -2.28. The molecule has 0 fully saturated rings. The third-order valence-electron chi connectivity index (χ3n) is 2.06. The van der Waals surface area contributed by atoms with Crippen LogP contribution in [0.25, 0.3) is 0 Å². The first-order chi connectivity index (χ1) is 5.83. The van der Waals surface area contributed by atoms with Crippen LogP contribution < -0.4 is 0 Å². The molecule has 1 heteroatoms. The Hall–Kier alpha value is -0.300. The Balaban J connectivity index is 0.000000561. The van der Waals surface area contributed by atoms with E-state index in [1.165, 1.54) is 32.5 Å². The lowest BCUT2D eigenvalue weighted by molar-refractivity contribution is 0.295. The summed E-state index contributed by atoms with van der Waals surface area (Å²) in [6.07, 6.45) is 4.91. The van der Waals surface area contributed by atoms with Crippen molar-refractivity contribution < 1.29 is 0 Å². The van der Waals surface area contributed by atoms with Gasteiger partial charge in [-0.25, -0.2) is 0 Å². The van der Waals surface area contributed by atoms with Gasteiger partial charge in [0.05, 0.1) is 0 Å².